The molecule has 4 nitrogen and oxygen atoms in total. The molecule has 21 heavy (non-hydrogen) atoms. The summed E-state index contributed by atoms with van der Waals surface area (Å²) in [7, 11) is 5.41. The van der Waals surface area contributed by atoms with Crippen molar-refractivity contribution in [1.29, 1.82) is 0 Å². The Hall–Kier alpha value is -2.20. The van der Waals surface area contributed by atoms with E-state index in [4.69, 9.17) is 15.2 Å². The maximum atomic E-state index is 5.88. The van der Waals surface area contributed by atoms with Crippen LogP contribution < -0.4 is 15.2 Å². The molecule has 0 aliphatic carbocycles. The number of hydrogen-bond acceptors (Lipinski definition) is 4. The van der Waals surface area contributed by atoms with E-state index in [0.29, 0.717) is 0 Å². The number of ether oxygens (including phenoxy) is 2. The summed E-state index contributed by atoms with van der Waals surface area (Å²) in [5.41, 5.74) is 8.99. The molecule has 0 unspecified atom stereocenters. The molecule has 2 N–H and O–H groups in total. The van der Waals surface area contributed by atoms with Gasteiger partial charge in [0.1, 0.15) is 11.5 Å². The van der Waals surface area contributed by atoms with Gasteiger partial charge in [-0.15, -0.1) is 0 Å². The van der Waals surface area contributed by atoms with Crippen molar-refractivity contribution in [2.24, 2.45) is 0 Å². The van der Waals surface area contributed by atoms with E-state index in [2.05, 4.69) is 24.1 Å². The molecule has 4 heteroatoms. The number of methoxy groups -OCH3 is 2. The Morgan fingerprint density at radius 1 is 0.857 bits per heavy atom. The summed E-state index contributed by atoms with van der Waals surface area (Å²) >= 11 is 0. The molecule has 0 bridgehead atoms. The summed E-state index contributed by atoms with van der Waals surface area (Å²) in [6, 6.07) is 13.9. The van der Waals surface area contributed by atoms with Crippen LogP contribution in [0.2, 0.25) is 0 Å². The average molecular weight is 286 g/mol. The number of nitrogen functional groups attached to an aromatic ring is 1. The van der Waals surface area contributed by atoms with Crippen LogP contribution in [-0.4, -0.2) is 26.2 Å². The summed E-state index contributed by atoms with van der Waals surface area (Å²) in [4.78, 5) is 2.23. The van der Waals surface area contributed by atoms with Crippen LogP contribution in [0.1, 0.15) is 11.1 Å². The van der Waals surface area contributed by atoms with Crippen LogP contribution in [0.4, 0.5) is 5.69 Å². The molecule has 2 aromatic carbocycles. The van der Waals surface area contributed by atoms with E-state index in [-0.39, 0.29) is 0 Å². The van der Waals surface area contributed by atoms with Crippen molar-refractivity contribution in [2.75, 3.05) is 27.0 Å². The van der Waals surface area contributed by atoms with Crippen molar-refractivity contribution in [3.05, 3.63) is 53.6 Å². The van der Waals surface area contributed by atoms with Gasteiger partial charge in [0.15, 0.2) is 0 Å². The molecule has 0 aliphatic rings. The van der Waals surface area contributed by atoms with Crippen molar-refractivity contribution < 1.29 is 9.47 Å². The van der Waals surface area contributed by atoms with Gasteiger partial charge in [0, 0.05) is 24.8 Å². The van der Waals surface area contributed by atoms with Gasteiger partial charge in [-0.1, -0.05) is 12.1 Å². The fourth-order valence-electron chi connectivity index (χ4n) is 2.31. The summed E-state index contributed by atoms with van der Waals surface area (Å²) in [6.45, 7) is 1.68. The zero-order valence-electron chi connectivity index (χ0n) is 12.8. The Balaban J connectivity index is 2.00. The first-order valence-corrected chi connectivity index (χ1v) is 6.85. The highest BCUT2D eigenvalue weighted by Crippen LogP contribution is 2.20. The lowest BCUT2D eigenvalue weighted by molar-refractivity contribution is 0.318. The van der Waals surface area contributed by atoms with Crippen molar-refractivity contribution in [3.63, 3.8) is 0 Å². The third-order valence-corrected chi connectivity index (χ3v) is 3.29. The van der Waals surface area contributed by atoms with Gasteiger partial charge in [-0.2, -0.15) is 0 Å². The largest absolute Gasteiger partial charge is 0.497 e. The molecule has 0 saturated carbocycles. The second kappa shape index (κ2) is 6.99. The zero-order valence-corrected chi connectivity index (χ0v) is 12.8. The third-order valence-electron chi connectivity index (χ3n) is 3.29. The van der Waals surface area contributed by atoms with Crippen LogP contribution in [0.3, 0.4) is 0 Å². The van der Waals surface area contributed by atoms with E-state index in [1.807, 2.05) is 30.3 Å². The second-order valence-corrected chi connectivity index (χ2v) is 5.13. The number of anilines is 1. The van der Waals surface area contributed by atoms with Crippen LogP contribution in [0, 0.1) is 0 Å². The fraction of sp³-hybridized carbons (Fsp3) is 0.294. The zero-order chi connectivity index (χ0) is 15.2. The maximum Gasteiger partial charge on any atom is 0.121 e. The molecule has 0 aromatic heterocycles. The van der Waals surface area contributed by atoms with Crippen molar-refractivity contribution in [2.45, 2.75) is 13.1 Å². The van der Waals surface area contributed by atoms with Crippen molar-refractivity contribution in [1.82, 2.24) is 4.90 Å². The molecule has 0 saturated heterocycles. The Morgan fingerprint density at radius 3 is 2.10 bits per heavy atom. The van der Waals surface area contributed by atoms with Gasteiger partial charge in [0.2, 0.25) is 0 Å². The normalized spacial score (nSPS) is 10.7. The monoisotopic (exact) mass is 286 g/mol. The highest BCUT2D eigenvalue weighted by molar-refractivity contribution is 5.47. The van der Waals surface area contributed by atoms with Crippen LogP contribution in [-0.2, 0) is 13.1 Å². The van der Waals surface area contributed by atoms with Gasteiger partial charge >= 0.3 is 0 Å². The van der Waals surface area contributed by atoms with Gasteiger partial charge in [0.05, 0.1) is 14.2 Å². The molecule has 0 amide bonds. The number of nitrogens with zero attached hydrogens (tertiary/aromatic N) is 1. The smallest absolute Gasteiger partial charge is 0.121 e. The number of nitrogens with two attached hydrogens (primary N) is 1. The SMILES string of the molecule is COc1ccc(CN(C)Cc2cc(N)cc(OC)c2)cc1. The number of benzene rings is 2. The second-order valence-electron chi connectivity index (χ2n) is 5.13. The van der Waals surface area contributed by atoms with Gasteiger partial charge < -0.3 is 15.2 Å². The van der Waals surface area contributed by atoms with Gasteiger partial charge in [-0.05, 0) is 42.4 Å². The predicted molar refractivity (Wildman–Crippen MR) is 85.6 cm³/mol. The molecule has 0 heterocycles. The number of rotatable bonds is 6. The van der Waals surface area contributed by atoms with Crippen LogP contribution >= 0.6 is 0 Å². The van der Waals surface area contributed by atoms with Crippen LogP contribution in [0.5, 0.6) is 11.5 Å². The van der Waals surface area contributed by atoms with Gasteiger partial charge in [0.25, 0.3) is 0 Å². The Morgan fingerprint density at radius 2 is 1.48 bits per heavy atom. The lowest BCUT2D eigenvalue weighted by Crippen LogP contribution is -2.17. The Kier molecular flexibility index (Phi) is 5.06. The molecule has 0 aliphatic heterocycles. The minimum absolute atomic E-state index is 0.724. The first-order valence-electron chi connectivity index (χ1n) is 6.85. The first-order chi connectivity index (χ1) is 10.1. The molecule has 0 fully saturated rings. The molecule has 2 rings (SSSR count). The van der Waals surface area contributed by atoms with E-state index in [1.165, 1.54) is 5.56 Å². The standard InChI is InChI=1S/C17H22N2O2/c1-19(11-13-4-6-16(20-2)7-5-13)12-14-8-15(18)10-17(9-14)21-3/h4-10H,11-12,18H2,1-3H3. The molecular weight excluding hydrogens is 264 g/mol. The van der Waals surface area contributed by atoms with Gasteiger partial charge in [-0.3, -0.25) is 4.90 Å². The summed E-state index contributed by atoms with van der Waals surface area (Å²) < 4.78 is 10.4. The van der Waals surface area contributed by atoms with E-state index >= 15 is 0 Å². The van der Waals surface area contributed by atoms with E-state index in [1.54, 1.807) is 14.2 Å². The minimum Gasteiger partial charge on any atom is -0.497 e. The van der Waals surface area contributed by atoms with E-state index in [9.17, 15) is 0 Å². The third kappa shape index (κ3) is 4.39. The average Bonchev–Trinajstić information content (AvgIpc) is 2.47. The Bertz CT molecular complexity index is 582. The fourth-order valence-corrected chi connectivity index (χ4v) is 2.31. The molecule has 0 radical (unpaired) electrons. The first kappa shape index (κ1) is 15.2. The van der Waals surface area contributed by atoms with E-state index < -0.39 is 0 Å². The summed E-state index contributed by atoms with van der Waals surface area (Å²) in [5, 5.41) is 0. The van der Waals surface area contributed by atoms with Crippen molar-refractivity contribution in [3.8, 4) is 11.5 Å². The quantitative estimate of drug-likeness (QED) is 0.829. The van der Waals surface area contributed by atoms with Gasteiger partial charge in [-0.25, -0.2) is 0 Å². The highest BCUT2D eigenvalue weighted by atomic mass is 16.5. The lowest BCUT2D eigenvalue weighted by Gasteiger charge is -2.18. The molecule has 0 spiro atoms. The maximum absolute atomic E-state index is 5.88. The topological polar surface area (TPSA) is 47.7 Å². The Labute approximate surface area is 126 Å². The lowest BCUT2D eigenvalue weighted by atomic mass is 10.1. The minimum atomic E-state index is 0.724. The molecule has 2 aromatic rings. The van der Waals surface area contributed by atoms with E-state index in [0.717, 1.165) is 35.8 Å². The summed E-state index contributed by atoms with van der Waals surface area (Å²) in [5.74, 6) is 1.67. The molecule has 112 valence electrons. The van der Waals surface area contributed by atoms with Crippen LogP contribution in [0.25, 0.3) is 0 Å². The molecular formula is C17H22N2O2. The predicted octanol–water partition coefficient (Wildman–Crippen LogP) is 2.92. The van der Waals surface area contributed by atoms with Crippen molar-refractivity contribution >= 4 is 5.69 Å². The number of hydrogen-bond donors (Lipinski definition) is 1. The molecule has 0 atom stereocenters. The van der Waals surface area contributed by atoms with Crippen LogP contribution in [0.15, 0.2) is 42.5 Å². The summed E-state index contributed by atoms with van der Waals surface area (Å²) in [6.07, 6.45) is 0. The highest BCUT2D eigenvalue weighted by Gasteiger charge is 2.05.